The zero-order valence-electron chi connectivity index (χ0n) is 16.4. The molecule has 144 valence electrons. The zero-order valence-corrected chi connectivity index (χ0v) is 16.4. The molecule has 1 aromatic heterocycles. The molecule has 0 aliphatic carbocycles. The van der Waals surface area contributed by atoms with Gasteiger partial charge in [0.2, 0.25) is 0 Å². The Kier molecular flexibility index (Phi) is 5.74. The van der Waals surface area contributed by atoms with E-state index in [0.717, 1.165) is 16.9 Å². The molecule has 0 saturated heterocycles. The van der Waals surface area contributed by atoms with Crippen LogP contribution in [0.15, 0.2) is 54.9 Å². The molecule has 1 amide bonds. The fourth-order valence-electron chi connectivity index (χ4n) is 2.65. The maximum Gasteiger partial charge on any atom is 0.274 e. The summed E-state index contributed by atoms with van der Waals surface area (Å²) < 4.78 is 5.37. The van der Waals surface area contributed by atoms with Gasteiger partial charge in [-0.1, -0.05) is 6.07 Å². The number of nitrogens with zero attached hydrogens (tertiary/aromatic N) is 3. The molecule has 3 rings (SSSR count). The number of carbonyl (C=O) groups is 1. The average Bonchev–Trinajstić information content (AvgIpc) is 2.69. The monoisotopic (exact) mass is 377 g/mol. The summed E-state index contributed by atoms with van der Waals surface area (Å²) in [6.07, 6.45) is 1.36. The third kappa shape index (κ3) is 4.56. The number of benzene rings is 2. The minimum atomic E-state index is -0.306. The van der Waals surface area contributed by atoms with Gasteiger partial charge < -0.3 is 20.3 Å². The summed E-state index contributed by atoms with van der Waals surface area (Å²) in [5, 5.41) is 6.03. The number of rotatable bonds is 6. The Labute approximate surface area is 164 Å². The second-order valence-corrected chi connectivity index (χ2v) is 6.51. The van der Waals surface area contributed by atoms with Crippen LogP contribution < -0.4 is 20.3 Å². The van der Waals surface area contributed by atoms with Crippen molar-refractivity contribution in [3.63, 3.8) is 0 Å². The summed E-state index contributed by atoms with van der Waals surface area (Å²) in [6, 6.07) is 15.0. The van der Waals surface area contributed by atoms with Gasteiger partial charge in [-0.05, 0) is 48.9 Å². The largest absolute Gasteiger partial charge is 0.495 e. The number of aryl methyl sites for hydroxylation is 1. The second-order valence-electron chi connectivity index (χ2n) is 6.51. The van der Waals surface area contributed by atoms with E-state index in [9.17, 15) is 4.79 Å². The van der Waals surface area contributed by atoms with E-state index < -0.39 is 0 Å². The van der Waals surface area contributed by atoms with E-state index in [2.05, 4.69) is 20.6 Å². The normalized spacial score (nSPS) is 10.3. The number of hydrogen-bond acceptors (Lipinski definition) is 6. The Morgan fingerprint density at radius 2 is 1.79 bits per heavy atom. The predicted octanol–water partition coefficient (Wildman–Crippen LogP) is 3.86. The lowest BCUT2D eigenvalue weighted by molar-refractivity contribution is 0.102. The molecular formula is C21H23N5O2. The molecule has 3 aromatic rings. The van der Waals surface area contributed by atoms with Crippen molar-refractivity contribution in [3.8, 4) is 5.75 Å². The van der Waals surface area contributed by atoms with Gasteiger partial charge in [0.15, 0.2) is 0 Å². The van der Waals surface area contributed by atoms with Crippen molar-refractivity contribution < 1.29 is 9.53 Å². The van der Waals surface area contributed by atoms with Crippen LogP contribution in [0.3, 0.4) is 0 Å². The Balaban J connectivity index is 1.75. The van der Waals surface area contributed by atoms with Crippen LogP contribution in [0.5, 0.6) is 5.75 Å². The van der Waals surface area contributed by atoms with Crippen molar-refractivity contribution in [2.24, 2.45) is 0 Å². The minimum absolute atomic E-state index is 0.265. The Morgan fingerprint density at radius 3 is 2.46 bits per heavy atom. The van der Waals surface area contributed by atoms with E-state index in [1.807, 2.05) is 68.4 Å². The van der Waals surface area contributed by atoms with Crippen molar-refractivity contribution in [2.45, 2.75) is 6.92 Å². The number of methoxy groups -OCH3 is 1. The lowest BCUT2D eigenvalue weighted by Crippen LogP contribution is -2.14. The number of nitrogens with one attached hydrogen (secondary N) is 2. The number of carbonyl (C=O) groups excluding carboxylic acids is 1. The molecule has 0 radical (unpaired) electrons. The fraction of sp³-hybridized carbons (Fsp3) is 0.190. The first-order valence-corrected chi connectivity index (χ1v) is 8.78. The Hall–Kier alpha value is -3.61. The number of hydrogen-bond donors (Lipinski definition) is 2. The molecule has 0 atom stereocenters. The zero-order chi connectivity index (χ0) is 20.1. The quantitative estimate of drug-likeness (QED) is 0.679. The maximum absolute atomic E-state index is 12.6. The van der Waals surface area contributed by atoms with Gasteiger partial charge in [-0.2, -0.15) is 0 Å². The van der Waals surface area contributed by atoms with Gasteiger partial charge in [0, 0.05) is 31.5 Å². The summed E-state index contributed by atoms with van der Waals surface area (Å²) in [5.74, 6) is 0.891. The van der Waals surface area contributed by atoms with E-state index in [1.54, 1.807) is 13.2 Å². The number of aromatic nitrogens is 2. The van der Waals surface area contributed by atoms with Gasteiger partial charge in [0.05, 0.1) is 12.8 Å². The molecule has 28 heavy (non-hydrogen) atoms. The highest BCUT2D eigenvalue weighted by Crippen LogP contribution is 2.28. The van der Waals surface area contributed by atoms with Gasteiger partial charge in [-0.3, -0.25) is 4.79 Å². The van der Waals surface area contributed by atoms with Crippen molar-refractivity contribution in [1.29, 1.82) is 0 Å². The van der Waals surface area contributed by atoms with Crippen molar-refractivity contribution in [2.75, 3.05) is 36.7 Å². The molecule has 0 bridgehead atoms. The highest BCUT2D eigenvalue weighted by atomic mass is 16.5. The smallest absolute Gasteiger partial charge is 0.274 e. The molecular weight excluding hydrogens is 354 g/mol. The van der Waals surface area contributed by atoms with Gasteiger partial charge >= 0.3 is 0 Å². The van der Waals surface area contributed by atoms with Crippen LogP contribution in [0.1, 0.15) is 16.1 Å². The van der Waals surface area contributed by atoms with E-state index in [0.29, 0.717) is 17.3 Å². The van der Waals surface area contributed by atoms with Crippen LogP contribution in [0.2, 0.25) is 0 Å². The first kappa shape index (κ1) is 19.2. The van der Waals surface area contributed by atoms with E-state index in [1.165, 1.54) is 6.33 Å². The first-order chi connectivity index (χ1) is 13.5. The number of ether oxygens (including phenoxy) is 1. The van der Waals surface area contributed by atoms with Crippen molar-refractivity contribution in [3.05, 3.63) is 66.1 Å². The number of anilines is 4. The third-order valence-corrected chi connectivity index (χ3v) is 4.16. The summed E-state index contributed by atoms with van der Waals surface area (Å²) in [6.45, 7) is 1.99. The van der Waals surface area contributed by atoms with E-state index in [-0.39, 0.29) is 11.6 Å². The Bertz CT molecular complexity index is 971. The molecule has 0 aliphatic rings. The molecule has 2 aromatic carbocycles. The summed E-state index contributed by atoms with van der Waals surface area (Å²) >= 11 is 0. The Morgan fingerprint density at radius 1 is 1.04 bits per heavy atom. The highest BCUT2D eigenvalue weighted by Gasteiger charge is 2.11. The summed E-state index contributed by atoms with van der Waals surface area (Å²) in [5.41, 5.74) is 3.87. The summed E-state index contributed by atoms with van der Waals surface area (Å²) in [7, 11) is 5.54. The molecule has 0 fully saturated rings. The lowest BCUT2D eigenvalue weighted by atomic mass is 10.2. The van der Waals surface area contributed by atoms with Crippen LogP contribution in [0.25, 0.3) is 0 Å². The van der Waals surface area contributed by atoms with Crippen LogP contribution >= 0.6 is 0 Å². The lowest BCUT2D eigenvalue weighted by Gasteiger charge is -2.13. The summed E-state index contributed by atoms with van der Waals surface area (Å²) in [4.78, 5) is 22.8. The van der Waals surface area contributed by atoms with E-state index in [4.69, 9.17) is 4.74 Å². The van der Waals surface area contributed by atoms with Crippen LogP contribution in [0.4, 0.5) is 22.9 Å². The second kappa shape index (κ2) is 8.39. The van der Waals surface area contributed by atoms with Crippen LogP contribution in [-0.2, 0) is 0 Å². The molecule has 0 saturated carbocycles. The van der Waals surface area contributed by atoms with Crippen molar-refractivity contribution >= 4 is 28.8 Å². The van der Waals surface area contributed by atoms with Gasteiger partial charge in [-0.15, -0.1) is 0 Å². The first-order valence-electron chi connectivity index (χ1n) is 8.78. The fourth-order valence-corrected chi connectivity index (χ4v) is 2.65. The SMILES string of the molecule is COc1ccc(C)cc1Nc1cc(C(=O)Nc2ccc(N(C)C)cc2)ncn1. The molecule has 2 N–H and O–H groups in total. The van der Waals surface area contributed by atoms with E-state index >= 15 is 0 Å². The molecule has 7 heteroatoms. The average molecular weight is 377 g/mol. The molecule has 1 heterocycles. The molecule has 0 spiro atoms. The minimum Gasteiger partial charge on any atom is -0.495 e. The molecule has 0 unspecified atom stereocenters. The number of amides is 1. The van der Waals surface area contributed by atoms with Gasteiger partial charge in [0.1, 0.15) is 23.6 Å². The van der Waals surface area contributed by atoms with Gasteiger partial charge in [-0.25, -0.2) is 9.97 Å². The maximum atomic E-state index is 12.6. The van der Waals surface area contributed by atoms with Crippen molar-refractivity contribution in [1.82, 2.24) is 9.97 Å². The van der Waals surface area contributed by atoms with Gasteiger partial charge in [0.25, 0.3) is 5.91 Å². The molecule has 0 aliphatic heterocycles. The standard InChI is InChI=1S/C21H23N5O2/c1-14-5-10-19(28-4)17(11-14)25-20-12-18(22-13-23-20)21(27)24-15-6-8-16(9-7-15)26(2)3/h5-13H,1-4H3,(H,24,27)(H,22,23,25). The third-order valence-electron chi connectivity index (χ3n) is 4.16. The predicted molar refractivity (Wildman–Crippen MR) is 112 cm³/mol. The van der Waals surface area contributed by atoms with Crippen LogP contribution in [0, 0.1) is 6.92 Å². The topological polar surface area (TPSA) is 79.4 Å². The van der Waals surface area contributed by atoms with Crippen LogP contribution in [-0.4, -0.2) is 37.1 Å². The molecule has 7 nitrogen and oxygen atoms in total. The highest BCUT2D eigenvalue weighted by molar-refractivity contribution is 6.03.